The van der Waals surface area contributed by atoms with Gasteiger partial charge in [0.25, 0.3) is 0 Å². The summed E-state index contributed by atoms with van der Waals surface area (Å²) >= 11 is 3.47. The number of anilines is 1. The minimum absolute atomic E-state index is 0.325. The second-order valence-electron chi connectivity index (χ2n) is 5.29. The third kappa shape index (κ3) is 4.50. The lowest BCUT2D eigenvalue weighted by molar-refractivity contribution is 0.184. The summed E-state index contributed by atoms with van der Waals surface area (Å²) in [6, 6.07) is 7.55. The summed E-state index contributed by atoms with van der Waals surface area (Å²) in [5.74, 6) is 1.58. The number of ether oxygens (including phenoxy) is 3. The van der Waals surface area contributed by atoms with Crippen LogP contribution in [0, 0.1) is 18.3 Å². The fourth-order valence-electron chi connectivity index (χ4n) is 2.35. The molecule has 0 fully saturated rings. The first-order chi connectivity index (χ1) is 12.5. The van der Waals surface area contributed by atoms with E-state index in [0.29, 0.717) is 29.5 Å². The normalized spacial score (nSPS) is 10.6. The number of rotatable bonds is 7. The predicted octanol–water partition coefficient (Wildman–Crippen LogP) is 3.63. The average molecular weight is 419 g/mol. The van der Waals surface area contributed by atoms with E-state index in [1.165, 1.54) is 0 Å². The Morgan fingerprint density at radius 2 is 1.92 bits per heavy atom. The first kappa shape index (κ1) is 19.7. The van der Waals surface area contributed by atoms with Gasteiger partial charge in [-0.05, 0) is 41.1 Å². The van der Waals surface area contributed by atoms with Gasteiger partial charge in [0.1, 0.15) is 11.6 Å². The van der Waals surface area contributed by atoms with E-state index in [-0.39, 0.29) is 0 Å². The van der Waals surface area contributed by atoms with E-state index in [1.807, 2.05) is 13.0 Å². The molecule has 0 atom stereocenters. The summed E-state index contributed by atoms with van der Waals surface area (Å²) in [6.07, 6.45) is 1.60. The second kappa shape index (κ2) is 9.17. The Morgan fingerprint density at radius 3 is 2.54 bits per heavy atom. The van der Waals surface area contributed by atoms with Crippen LogP contribution in [0.3, 0.4) is 0 Å². The Bertz CT molecular complexity index is 862. The molecule has 0 aliphatic carbocycles. The maximum atomic E-state index is 9.43. The molecule has 0 saturated heterocycles. The topological polar surface area (TPSA) is 88.8 Å². The molecule has 1 N–H and O–H groups in total. The largest absolute Gasteiger partial charge is 0.493 e. The number of aromatic nitrogens is 1. The van der Waals surface area contributed by atoms with Crippen LogP contribution >= 0.6 is 15.9 Å². The van der Waals surface area contributed by atoms with Gasteiger partial charge in [0.05, 0.1) is 27.0 Å². The molecular formula is C18H19BrN4O3. The monoisotopic (exact) mass is 418 g/mol. The summed E-state index contributed by atoms with van der Waals surface area (Å²) in [5.41, 5.74) is 5.53. The van der Waals surface area contributed by atoms with Crippen molar-refractivity contribution >= 4 is 28.0 Å². The minimum Gasteiger partial charge on any atom is -0.493 e. The predicted molar refractivity (Wildman–Crippen MR) is 103 cm³/mol. The molecule has 26 heavy (non-hydrogen) atoms. The maximum Gasteiger partial charge on any atom is 0.164 e. The van der Waals surface area contributed by atoms with Crippen LogP contribution in [0.2, 0.25) is 0 Å². The van der Waals surface area contributed by atoms with Gasteiger partial charge >= 0.3 is 0 Å². The van der Waals surface area contributed by atoms with E-state index in [0.717, 1.165) is 21.3 Å². The van der Waals surface area contributed by atoms with Gasteiger partial charge in [-0.1, -0.05) is 0 Å². The number of halogens is 1. The number of methoxy groups -OCH3 is 3. The highest BCUT2D eigenvalue weighted by Crippen LogP contribution is 2.32. The molecule has 1 aromatic heterocycles. The van der Waals surface area contributed by atoms with Crippen molar-refractivity contribution in [2.75, 3.05) is 26.8 Å². The van der Waals surface area contributed by atoms with Crippen LogP contribution in [-0.4, -0.2) is 32.5 Å². The zero-order valence-electron chi connectivity index (χ0n) is 15.0. The standard InChI is InChI=1S/C18H19BrN4O3/c1-11-5-13(10-24-2)14(8-20)18(22-11)23-21-9-12-6-16(25-3)17(26-4)7-15(12)19/h5-7,9H,10H2,1-4H3,(H,22,23)/b21-9+. The first-order valence-corrected chi connectivity index (χ1v) is 8.43. The van der Waals surface area contributed by atoms with E-state index in [9.17, 15) is 5.26 Å². The molecule has 8 heteroatoms. The Hall–Kier alpha value is -2.63. The zero-order chi connectivity index (χ0) is 19.1. The molecule has 0 spiro atoms. The Balaban J connectivity index is 2.30. The molecule has 0 bridgehead atoms. The lowest BCUT2D eigenvalue weighted by Gasteiger charge is -2.10. The number of aryl methyl sites for hydroxylation is 1. The third-order valence-electron chi connectivity index (χ3n) is 3.52. The zero-order valence-corrected chi connectivity index (χ0v) is 16.5. The van der Waals surface area contributed by atoms with E-state index < -0.39 is 0 Å². The van der Waals surface area contributed by atoms with Crippen molar-refractivity contribution in [2.45, 2.75) is 13.5 Å². The summed E-state index contributed by atoms with van der Waals surface area (Å²) < 4.78 is 16.5. The number of nitriles is 1. The fraction of sp³-hybridized carbons (Fsp3) is 0.278. The molecule has 136 valence electrons. The number of hydrazone groups is 1. The number of benzene rings is 1. The van der Waals surface area contributed by atoms with Gasteiger partial charge in [0.2, 0.25) is 0 Å². The van der Waals surface area contributed by atoms with Crippen LogP contribution < -0.4 is 14.9 Å². The summed E-state index contributed by atoms with van der Waals surface area (Å²) in [6.45, 7) is 2.17. The van der Waals surface area contributed by atoms with Crippen molar-refractivity contribution in [1.82, 2.24) is 4.98 Å². The average Bonchev–Trinajstić information content (AvgIpc) is 2.62. The molecule has 0 unspecified atom stereocenters. The molecule has 7 nitrogen and oxygen atoms in total. The first-order valence-electron chi connectivity index (χ1n) is 7.64. The van der Waals surface area contributed by atoms with Crippen molar-refractivity contribution in [1.29, 1.82) is 5.26 Å². The van der Waals surface area contributed by atoms with Crippen molar-refractivity contribution in [3.63, 3.8) is 0 Å². The number of hydrogen-bond acceptors (Lipinski definition) is 7. The number of pyridine rings is 1. The van der Waals surface area contributed by atoms with E-state index in [4.69, 9.17) is 14.2 Å². The molecular weight excluding hydrogens is 400 g/mol. The van der Waals surface area contributed by atoms with Crippen molar-refractivity contribution in [3.8, 4) is 17.6 Å². The highest BCUT2D eigenvalue weighted by atomic mass is 79.9. The molecule has 0 amide bonds. The van der Waals surface area contributed by atoms with Gasteiger partial charge < -0.3 is 14.2 Å². The number of nitrogens with zero attached hydrogens (tertiary/aromatic N) is 3. The molecule has 0 radical (unpaired) electrons. The fourth-order valence-corrected chi connectivity index (χ4v) is 2.77. The van der Waals surface area contributed by atoms with Crippen molar-refractivity contribution in [2.24, 2.45) is 5.10 Å². The quantitative estimate of drug-likeness (QED) is 0.545. The Kier molecular flexibility index (Phi) is 6.95. The molecule has 2 aromatic rings. The Morgan fingerprint density at radius 1 is 1.23 bits per heavy atom. The summed E-state index contributed by atoms with van der Waals surface area (Å²) in [4.78, 5) is 4.34. The van der Waals surface area contributed by atoms with E-state index in [2.05, 4.69) is 37.5 Å². The van der Waals surface area contributed by atoms with Gasteiger partial charge in [-0.2, -0.15) is 10.4 Å². The van der Waals surface area contributed by atoms with Gasteiger partial charge in [0.15, 0.2) is 17.3 Å². The van der Waals surface area contributed by atoms with Gasteiger partial charge in [-0.15, -0.1) is 0 Å². The molecule has 2 rings (SSSR count). The highest BCUT2D eigenvalue weighted by Gasteiger charge is 2.11. The van der Waals surface area contributed by atoms with Gasteiger partial charge in [0, 0.05) is 28.4 Å². The summed E-state index contributed by atoms with van der Waals surface area (Å²) in [5, 5.41) is 13.6. The van der Waals surface area contributed by atoms with Crippen LogP contribution in [0.5, 0.6) is 11.5 Å². The lowest BCUT2D eigenvalue weighted by Crippen LogP contribution is -2.03. The number of nitrogens with one attached hydrogen (secondary N) is 1. The maximum absolute atomic E-state index is 9.43. The van der Waals surface area contributed by atoms with Crippen LogP contribution in [0.25, 0.3) is 0 Å². The molecule has 1 heterocycles. The summed E-state index contributed by atoms with van der Waals surface area (Å²) in [7, 11) is 4.72. The molecule has 0 aliphatic heterocycles. The van der Waals surface area contributed by atoms with Crippen LogP contribution in [0.4, 0.5) is 5.82 Å². The van der Waals surface area contributed by atoms with Gasteiger partial charge in [-0.25, -0.2) is 4.98 Å². The smallest absolute Gasteiger partial charge is 0.164 e. The van der Waals surface area contributed by atoms with Crippen molar-refractivity contribution < 1.29 is 14.2 Å². The Labute approximate surface area is 160 Å². The highest BCUT2D eigenvalue weighted by molar-refractivity contribution is 9.10. The SMILES string of the molecule is COCc1cc(C)nc(N/N=C/c2cc(OC)c(OC)cc2Br)c1C#N. The third-order valence-corrected chi connectivity index (χ3v) is 4.20. The van der Waals surface area contributed by atoms with Crippen molar-refractivity contribution in [3.05, 3.63) is 45.1 Å². The van der Waals surface area contributed by atoms with E-state index in [1.54, 1.807) is 39.7 Å². The van der Waals surface area contributed by atoms with Gasteiger partial charge in [-0.3, -0.25) is 5.43 Å². The number of hydrogen-bond donors (Lipinski definition) is 1. The van der Waals surface area contributed by atoms with Crippen LogP contribution in [0.1, 0.15) is 22.4 Å². The lowest BCUT2D eigenvalue weighted by atomic mass is 10.1. The second-order valence-corrected chi connectivity index (χ2v) is 6.14. The molecule has 0 saturated carbocycles. The van der Waals surface area contributed by atoms with E-state index >= 15 is 0 Å². The van der Waals surface area contributed by atoms with Crippen LogP contribution in [-0.2, 0) is 11.3 Å². The minimum atomic E-state index is 0.325. The van der Waals surface area contributed by atoms with Crippen LogP contribution in [0.15, 0.2) is 27.8 Å². The molecule has 0 aliphatic rings. The molecule has 1 aromatic carbocycles.